The Morgan fingerprint density at radius 3 is 3.10 bits per heavy atom. The number of ether oxygens (including phenoxy) is 1. The van der Waals surface area contributed by atoms with Crippen molar-refractivity contribution in [3.8, 4) is 0 Å². The number of carbonyl (C=O) groups excluding carboxylic acids is 1. The Balaban J connectivity index is 2.17. The van der Waals surface area contributed by atoms with Crippen LogP contribution in [0.5, 0.6) is 0 Å². The van der Waals surface area contributed by atoms with E-state index in [4.69, 9.17) is 0 Å². The lowest BCUT2D eigenvalue weighted by atomic mass is 10.3. The first-order chi connectivity index (χ1) is 4.83. The molecule has 0 aromatic rings. The summed E-state index contributed by atoms with van der Waals surface area (Å²) in [5.74, 6) is 0. The third kappa shape index (κ3) is 1.88. The Bertz CT molecular complexity index is 121. The van der Waals surface area contributed by atoms with Crippen LogP contribution in [-0.2, 0) is 4.74 Å². The van der Waals surface area contributed by atoms with E-state index in [0.29, 0.717) is 6.04 Å². The molecule has 10 heavy (non-hydrogen) atoms. The fourth-order valence-corrected chi connectivity index (χ4v) is 1.11. The first kappa shape index (κ1) is 7.34. The lowest BCUT2D eigenvalue weighted by molar-refractivity contribution is -0.636. The SMILES string of the molecule is COC(=O)NC1CC[NH2+]C1. The van der Waals surface area contributed by atoms with Crippen molar-refractivity contribution >= 4 is 6.09 Å². The molecule has 0 aliphatic carbocycles. The van der Waals surface area contributed by atoms with E-state index in [9.17, 15) is 4.79 Å². The van der Waals surface area contributed by atoms with E-state index < -0.39 is 0 Å². The number of hydrogen-bond donors (Lipinski definition) is 2. The molecular formula is C6H13N2O2+. The summed E-state index contributed by atoms with van der Waals surface area (Å²) in [7, 11) is 1.38. The lowest BCUT2D eigenvalue weighted by Crippen LogP contribution is -2.82. The van der Waals surface area contributed by atoms with Crippen molar-refractivity contribution in [3.63, 3.8) is 0 Å². The van der Waals surface area contributed by atoms with Gasteiger partial charge in [-0.15, -0.1) is 0 Å². The fourth-order valence-electron chi connectivity index (χ4n) is 1.11. The van der Waals surface area contributed by atoms with Crippen molar-refractivity contribution in [2.75, 3.05) is 20.2 Å². The van der Waals surface area contributed by atoms with Gasteiger partial charge < -0.3 is 15.4 Å². The summed E-state index contributed by atoms with van der Waals surface area (Å²) < 4.78 is 4.45. The molecule has 1 fully saturated rings. The van der Waals surface area contributed by atoms with Crippen LogP contribution in [0, 0.1) is 0 Å². The van der Waals surface area contributed by atoms with Crippen LogP contribution in [0.3, 0.4) is 0 Å². The van der Waals surface area contributed by atoms with Gasteiger partial charge in [0.1, 0.15) is 0 Å². The molecule has 0 bridgehead atoms. The normalized spacial score (nSPS) is 24.3. The van der Waals surface area contributed by atoms with Crippen molar-refractivity contribution in [2.24, 2.45) is 0 Å². The Morgan fingerprint density at radius 2 is 2.60 bits per heavy atom. The first-order valence-electron chi connectivity index (χ1n) is 3.49. The zero-order valence-corrected chi connectivity index (χ0v) is 6.09. The Labute approximate surface area is 59.9 Å². The molecule has 4 nitrogen and oxygen atoms in total. The molecule has 1 amide bonds. The zero-order chi connectivity index (χ0) is 7.40. The van der Waals surface area contributed by atoms with E-state index in [1.165, 1.54) is 7.11 Å². The number of quaternary nitrogens is 1. The van der Waals surface area contributed by atoms with Gasteiger partial charge >= 0.3 is 6.09 Å². The molecule has 1 saturated heterocycles. The minimum Gasteiger partial charge on any atom is -0.453 e. The number of nitrogens with one attached hydrogen (secondary N) is 1. The van der Waals surface area contributed by atoms with Gasteiger partial charge in [-0.3, -0.25) is 0 Å². The van der Waals surface area contributed by atoms with Crippen LogP contribution in [-0.4, -0.2) is 32.3 Å². The highest BCUT2D eigenvalue weighted by Gasteiger charge is 2.19. The maximum atomic E-state index is 10.6. The molecule has 1 aliphatic heterocycles. The van der Waals surface area contributed by atoms with Gasteiger partial charge in [0.15, 0.2) is 0 Å². The number of rotatable bonds is 1. The van der Waals surface area contributed by atoms with Gasteiger partial charge in [-0.1, -0.05) is 0 Å². The maximum Gasteiger partial charge on any atom is 0.407 e. The average Bonchev–Trinajstić information content (AvgIpc) is 2.40. The minimum atomic E-state index is -0.319. The summed E-state index contributed by atoms with van der Waals surface area (Å²) in [5, 5.41) is 4.92. The molecule has 1 unspecified atom stereocenters. The highest BCUT2D eigenvalue weighted by atomic mass is 16.5. The van der Waals surface area contributed by atoms with Crippen LogP contribution in [0.25, 0.3) is 0 Å². The van der Waals surface area contributed by atoms with Gasteiger partial charge in [-0.25, -0.2) is 4.79 Å². The number of methoxy groups -OCH3 is 1. The van der Waals surface area contributed by atoms with Crippen molar-refractivity contribution in [3.05, 3.63) is 0 Å². The zero-order valence-electron chi connectivity index (χ0n) is 6.09. The van der Waals surface area contributed by atoms with Crippen molar-refractivity contribution in [1.29, 1.82) is 0 Å². The van der Waals surface area contributed by atoms with E-state index >= 15 is 0 Å². The lowest BCUT2D eigenvalue weighted by Gasteiger charge is -2.06. The summed E-state index contributed by atoms with van der Waals surface area (Å²) >= 11 is 0. The van der Waals surface area contributed by atoms with Gasteiger partial charge in [0.05, 0.1) is 26.2 Å². The van der Waals surface area contributed by atoms with E-state index in [0.717, 1.165) is 19.5 Å². The molecular weight excluding hydrogens is 132 g/mol. The third-order valence-electron chi connectivity index (χ3n) is 1.68. The second-order valence-electron chi connectivity index (χ2n) is 2.43. The molecule has 0 spiro atoms. The molecule has 1 rings (SSSR count). The summed E-state index contributed by atoms with van der Waals surface area (Å²) in [5.41, 5.74) is 0. The molecule has 0 saturated carbocycles. The Hall–Kier alpha value is -0.770. The van der Waals surface area contributed by atoms with Crippen LogP contribution in [0.2, 0.25) is 0 Å². The smallest absolute Gasteiger partial charge is 0.407 e. The summed E-state index contributed by atoms with van der Waals surface area (Å²) in [6.45, 7) is 2.09. The van der Waals surface area contributed by atoms with E-state index in [1.54, 1.807) is 0 Å². The molecule has 1 aliphatic rings. The van der Waals surface area contributed by atoms with Crippen LogP contribution < -0.4 is 10.6 Å². The van der Waals surface area contributed by atoms with Gasteiger partial charge in [-0.05, 0) is 0 Å². The molecule has 0 aromatic carbocycles. The van der Waals surface area contributed by atoms with Crippen LogP contribution in [0.4, 0.5) is 4.79 Å². The molecule has 0 radical (unpaired) electrons. The highest BCUT2D eigenvalue weighted by Crippen LogP contribution is 1.90. The van der Waals surface area contributed by atoms with E-state index in [2.05, 4.69) is 15.4 Å². The second kappa shape index (κ2) is 3.41. The van der Waals surface area contributed by atoms with Crippen molar-refractivity contribution in [2.45, 2.75) is 12.5 Å². The van der Waals surface area contributed by atoms with Crippen LogP contribution in [0.1, 0.15) is 6.42 Å². The third-order valence-corrected chi connectivity index (χ3v) is 1.68. The monoisotopic (exact) mass is 145 g/mol. The minimum absolute atomic E-state index is 0.312. The summed E-state index contributed by atoms with van der Waals surface area (Å²) in [6, 6.07) is 0.312. The van der Waals surface area contributed by atoms with E-state index in [1.807, 2.05) is 0 Å². The van der Waals surface area contributed by atoms with Crippen molar-refractivity contribution in [1.82, 2.24) is 5.32 Å². The molecule has 4 heteroatoms. The Morgan fingerprint density at radius 1 is 1.80 bits per heavy atom. The van der Waals surface area contributed by atoms with Gasteiger partial charge in [0, 0.05) is 6.42 Å². The summed E-state index contributed by atoms with van der Waals surface area (Å²) in [6.07, 6.45) is 0.732. The quantitative estimate of drug-likeness (QED) is 0.480. The van der Waals surface area contributed by atoms with Gasteiger partial charge in [-0.2, -0.15) is 0 Å². The molecule has 1 atom stereocenters. The van der Waals surface area contributed by atoms with Crippen molar-refractivity contribution < 1.29 is 14.8 Å². The number of hydrogen-bond acceptors (Lipinski definition) is 2. The molecule has 3 N–H and O–H groups in total. The second-order valence-corrected chi connectivity index (χ2v) is 2.43. The topological polar surface area (TPSA) is 54.9 Å². The van der Waals surface area contributed by atoms with Crippen LogP contribution >= 0.6 is 0 Å². The van der Waals surface area contributed by atoms with Gasteiger partial charge in [0.2, 0.25) is 0 Å². The largest absolute Gasteiger partial charge is 0.453 e. The predicted octanol–water partition coefficient (Wildman–Crippen LogP) is -1.32. The highest BCUT2D eigenvalue weighted by molar-refractivity contribution is 5.67. The molecule has 0 aromatic heterocycles. The standard InChI is InChI=1S/C6H12N2O2/c1-10-6(9)8-5-2-3-7-4-5/h5,7H,2-4H2,1H3,(H,8,9)/p+1. The van der Waals surface area contributed by atoms with Gasteiger partial charge in [0.25, 0.3) is 0 Å². The number of amides is 1. The molecule has 58 valence electrons. The number of alkyl carbamates (subject to hydrolysis) is 1. The van der Waals surface area contributed by atoms with Crippen LogP contribution in [0.15, 0.2) is 0 Å². The average molecular weight is 145 g/mol. The summed E-state index contributed by atoms with van der Waals surface area (Å²) in [4.78, 5) is 10.6. The molecule has 1 heterocycles. The first-order valence-corrected chi connectivity index (χ1v) is 3.49. The number of nitrogens with two attached hydrogens (primary N) is 1. The fraction of sp³-hybridized carbons (Fsp3) is 0.833. The Kier molecular flexibility index (Phi) is 2.50. The number of carbonyl (C=O) groups is 1. The maximum absolute atomic E-state index is 10.6. The van der Waals surface area contributed by atoms with E-state index in [-0.39, 0.29) is 6.09 Å². The predicted molar refractivity (Wildman–Crippen MR) is 35.6 cm³/mol.